The fourth-order valence-corrected chi connectivity index (χ4v) is 2.18. The molecule has 0 radical (unpaired) electrons. The molecule has 2 rings (SSSR count). The minimum atomic E-state index is -1.55. The molecule has 5 N–H and O–H groups in total. The highest BCUT2D eigenvalue weighted by Gasteiger charge is 2.44. The summed E-state index contributed by atoms with van der Waals surface area (Å²) >= 11 is 0. The lowest BCUT2D eigenvalue weighted by Gasteiger charge is -2.39. The number of benzene rings is 1. The highest BCUT2D eigenvalue weighted by Crippen LogP contribution is 2.28. The van der Waals surface area contributed by atoms with E-state index >= 15 is 0 Å². The Hall–Kier alpha value is -1.71. The lowest BCUT2D eigenvalue weighted by atomic mass is 9.99. The van der Waals surface area contributed by atoms with E-state index in [0.29, 0.717) is 0 Å². The lowest BCUT2D eigenvalue weighted by Crippen LogP contribution is -2.60. The van der Waals surface area contributed by atoms with E-state index in [9.17, 15) is 25.2 Å². The number of phenols is 1. The first-order valence-electron chi connectivity index (χ1n) is 6.66. The van der Waals surface area contributed by atoms with Crippen LogP contribution >= 0.6 is 0 Å². The standard InChI is InChI=1S/C14H18O8/c1-6(16)8-3-2-7(4-9(8)17)21-14-13(20)12(19)11(18)10(5-15)22-14/h2-4,10-15,17-20H,5H2,1H3/t10-,11-,12+,13-,14+/m1/s1. The highest BCUT2D eigenvalue weighted by molar-refractivity contribution is 5.96. The Balaban J connectivity index is 2.15. The van der Waals surface area contributed by atoms with Gasteiger partial charge in [-0.1, -0.05) is 0 Å². The van der Waals surface area contributed by atoms with Crippen molar-refractivity contribution >= 4 is 5.78 Å². The van der Waals surface area contributed by atoms with Gasteiger partial charge in [-0.25, -0.2) is 0 Å². The molecule has 1 heterocycles. The lowest BCUT2D eigenvalue weighted by molar-refractivity contribution is -0.277. The molecule has 0 bridgehead atoms. The maximum absolute atomic E-state index is 11.2. The zero-order chi connectivity index (χ0) is 16.4. The van der Waals surface area contributed by atoms with Crippen LogP contribution in [0.4, 0.5) is 0 Å². The van der Waals surface area contributed by atoms with Crippen molar-refractivity contribution in [2.45, 2.75) is 37.6 Å². The summed E-state index contributed by atoms with van der Waals surface area (Å²) < 4.78 is 10.5. The number of aromatic hydroxyl groups is 1. The summed E-state index contributed by atoms with van der Waals surface area (Å²) in [7, 11) is 0. The molecule has 22 heavy (non-hydrogen) atoms. The fourth-order valence-electron chi connectivity index (χ4n) is 2.18. The molecule has 1 aromatic carbocycles. The molecule has 0 saturated carbocycles. The highest BCUT2D eigenvalue weighted by atomic mass is 16.7. The molecule has 1 fully saturated rings. The van der Waals surface area contributed by atoms with Crippen LogP contribution in [0.1, 0.15) is 17.3 Å². The van der Waals surface area contributed by atoms with Gasteiger partial charge in [0, 0.05) is 6.07 Å². The van der Waals surface area contributed by atoms with E-state index in [-0.39, 0.29) is 22.8 Å². The van der Waals surface area contributed by atoms with Gasteiger partial charge in [-0.05, 0) is 19.1 Å². The van der Waals surface area contributed by atoms with Gasteiger partial charge in [-0.2, -0.15) is 0 Å². The van der Waals surface area contributed by atoms with Crippen LogP contribution in [0.3, 0.4) is 0 Å². The van der Waals surface area contributed by atoms with Gasteiger partial charge in [0.2, 0.25) is 6.29 Å². The molecule has 8 nitrogen and oxygen atoms in total. The van der Waals surface area contributed by atoms with Gasteiger partial charge in [0.25, 0.3) is 0 Å². The Morgan fingerprint density at radius 1 is 1.23 bits per heavy atom. The number of ether oxygens (including phenoxy) is 2. The smallest absolute Gasteiger partial charge is 0.229 e. The Bertz CT molecular complexity index is 544. The molecule has 0 amide bonds. The third-order valence-electron chi connectivity index (χ3n) is 3.45. The average molecular weight is 314 g/mol. The van der Waals surface area contributed by atoms with Crippen molar-refractivity contribution in [2.75, 3.05) is 6.61 Å². The van der Waals surface area contributed by atoms with Crippen molar-refractivity contribution < 1.29 is 39.8 Å². The van der Waals surface area contributed by atoms with Crippen LogP contribution in [0.5, 0.6) is 11.5 Å². The molecule has 8 heteroatoms. The van der Waals surface area contributed by atoms with Crippen LogP contribution in [-0.2, 0) is 4.74 Å². The van der Waals surface area contributed by atoms with Gasteiger partial charge in [-0.15, -0.1) is 0 Å². The zero-order valence-corrected chi connectivity index (χ0v) is 11.8. The summed E-state index contributed by atoms with van der Waals surface area (Å²) in [6.07, 6.45) is -7.02. The first-order chi connectivity index (χ1) is 10.3. The second-order valence-electron chi connectivity index (χ2n) is 5.05. The Morgan fingerprint density at radius 2 is 1.91 bits per heavy atom. The number of carbonyl (C=O) groups is 1. The van der Waals surface area contributed by atoms with Crippen molar-refractivity contribution in [3.63, 3.8) is 0 Å². The summed E-state index contributed by atoms with van der Waals surface area (Å²) in [5.74, 6) is -0.529. The molecule has 0 unspecified atom stereocenters. The first kappa shape index (κ1) is 16.7. The van der Waals surface area contributed by atoms with Crippen LogP contribution in [-0.4, -0.2) is 68.6 Å². The molecule has 1 saturated heterocycles. The third-order valence-corrected chi connectivity index (χ3v) is 3.45. The normalized spacial score (nSPS) is 31.8. The molecule has 0 aliphatic carbocycles. The van der Waals surface area contributed by atoms with Crippen molar-refractivity contribution in [1.82, 2.24) is 0 Å². The molecule has 1 aliphatic heterocycles. The van der Waals surface area contributed by atoms with Gasteiger partial charge >= 0.3 is 0 Å². The van der Waals surface area contributed by atoms with Crippen molar-refractivity contribution in [3.05, 3.63) is 23.8 Å². The van der Waals surface area contributed by atoms with E-state index in [1.54, 1.807) is 0 Å². The Kier molecular flexibility index (Phi) is 4.99. The Morgan fingerprint density at radius 3 is 2.45 bits per heavy atom. The number of Topliss-reactive ketones (excluding diaryl/α,β-unsaturated/α-hetero) is 1. The van der Waals surface area contributed by atoms with E-state index < -0.39 is 37.3 Å². The summed E-state index contributed by atoms with van der Waals surface area (Å²) in [5, 5.41) is 47.9. The second kappa shape index (κ2) is 6.59. The number of rotatable bonds is 4. The number of hydrogen-bond donors (Lipinski definition) is 5. The predicted molar refractivity (Wildman–Crippen MR) is 72.5 cm³/mol. The Labute approximate surface area is 126 Å². The van der Waals surface area contributed by atoms with Gasteiger partial charge in [0.15, 0.2) is 5.78 Å². The number of ketones is 1. The van der Waals surface area contributed by atoms with Crippen molar-refractivity contribution in [3.8, 4) is 11.5 Å². The summed E-state index contributed by atoms with van der Waals surface area (Å²) in [4.78, 5) is 11.2. The summed E-state index contributed by atoms with van der Waals surface area (Å²) in [6.45, 7) is 0.729. The number of aliphatic hydroxyl groups excluding tert-OH is 4. The van der Waals surface area contributed by atoms with E-state index in [4.69, 9.17) is 14.6 Å². The molecule has 1 aromatic rings. The molecular formula is C14H18O8. The topological polar surface area (TPSA) is 137 Å². The zero-order valence-electron chi connectivity index (χ0n) is 11.8. The minimum Gasteiger partial charge on any atom is -0.507 e. The number of hydrogen-bond acceptors (Lipinski definition) is 8. The van der Waals surface area contributed by atoms with Crippen LogP contribution in [0.15, 0.2) is 18.2 Å². The van der Waals surface area contributed by atoms with Crippen molar-refractivity contribution in [2.24, 2.45) is 0 Å². The van der Waals surface area contributed by atoms with Gasteiger partial charge < -0.3 is 35.0 Å². The van der Waals surface area contributed by atoms with E-state index in [0.717, 1.165) is 6.07 Å². The monoisotopic (exact) mass is 314 g/mol. The van der Waals surface area contributed by atoms with E-state index in [1.807, 2.05) is 0 Å². The number of aliphatic hydroxyl groups is 4. The van der Waals surface area contributed by atoms with Crippen LogP contribution < -0.4 is 4.74 Å². The fraction of sp³-hybridized carbons (Fsp3) is 0.500. The minimum absolute atomic E-state index is 0.0897. The molecular weight excluding hydrogens is 296 g/mol. The molecule has 0 aromatic heterocycles. The summed E-state index contributed by atoms with van der Waals surface area (Å²) in [5.41, 5.74) is 0.112. The molecule has 0 spiro atoms. The maximum atomic E-state index is 11.2. The quantitative estimate of drug-likeness (QED) is 0.436. The first-order valence-corrected chi connectivity index (χ1v) is 6.66. The van der Waals surface area contributed by atoms with E-state index in [2.05, 4.69) is 0 Å². The van der Waals surface area contributed by atoms with Crippen LogP contribution in [0.25, 0.3) is 0 Å². The second-order valence-corrected chi connectivity index (χ2v) is 5.05. The average Bonchev–Trinajstić information content (AvgIpc) is 2.47. The number of phenolic OH excluding ortho intramolecular Hbond substituents is 1. The van der Waals surface area contributed by atoms with Crippen LogP contribution in [0, 0.1) is 0 Å². The third kappa shape index (κ3) is 3.21. The van der Waals surface area contributed by atoms with Crippen LogP contribution in [0.2, 0.25) is 0 Å². The van der Waals surface area contributed by atoms with Crippen molar-refractivity contribution in [1.29, 1.82) is 0 Å². The maximum Gasteiger partial charge on any atom is 0.229 e. The predicted octanol–water partition coefficient (Wildman–Crippen LogP) is -1.23. The SMILES string of the molecule is CC(=O)c1ccc(O[C@H]2O[C@H](CO)[C@@H](O)[C@H](O)[C@H]2O)cc1O. The van der Waals surface area contributed by atoms with Gasteiger partial charge in [-0.3, -0.25) is 4.79 Å². The van der Waals surface area contributed by atoms with Gasteiger partial charge in [0.05, 0.1) is 12.2 Å². The molecule has 5 atom stereocenters. The van der Waals surface area contributed by atoms with Gasteiger partial charge in [0.1, 0.15) is 35.9 Å². The molecule has 122 valence electrons. The number of carbonyl (C=O) groups excluding carboxylic acids is 1. The molecule has 1 aliphatic rings. The van der Waals surface area contributed by atoms with E-state index in [1.165, 1.54) is 19.1 Å². The largest absolute Gasteiger partial charge is 0.507 e. The summed E-state index contributed by atoms with van der Waals surface area (Å²) in [6, 6.07) is 3.90.